The van der Waals surface area contributed by atoms with Crippen LogP contribution in [0.1, 0.15) is 24.4 Å². The van der Waals surface area contributed by atoms with Crippen molar-refractivity contribution in [2.75, 3.05) is 20.2 Å². The number of para-hydroxylation sites is 1. The molecule has 0 aliphatic rings. The highest BCUT2D eigenvalue weighted by Gasteiger charge is 2.31. The number of hydrogen-bond acceptors (Lipinski definition) is 5. The first-order valence-corrected chi connectivity index (χ1v) is 8.84. The van der Waals surface area contributed by atoms with Gasteiger partial charge in [0.05, 0.1) is 11.6 Å². The summed E-state index contributed by atoms with van der Waals surface area (Å²) >= 11 is 0. The maximum Gasteiger partial charge on any atom is 0.416 e. The van der Waals surface area contributed by atoms with Gasteiger partial charge in [-0.15, -0.1) is 0 Å². The second-order valence-corrected chi connectivity index (χ2v) is 6.47. The highest BCUT2D eigenvalue weighted by Crippen LogP contribution is 2.31. The van der Waals surface area contributed by atoms with Gasteiger partial charge < -0.3 is 9.26 Å². The van der Waals surface area contributed by atoms with Crippen molar-refractivity contribution in [1.82, 2.24) is 15.0 Å². The van der Waals surface area contributed by atoms with Crippen LogP contribution in [-0.4, -0.2) is 35.2 Å². The number of rotatable bonds is 7. The molecule has 1 unspecified atom stereocenters. The van der Waals surface area contributed by atoms with Crippen LogP contribution >= 0.6 is 0 Å². The standard InChI is InChI=1S/C20H19F4N3O2/c1-13(27(2)10-11-28-17-9-4-3-8-16(17)21)19-25-18(26-29-19)14-6-5-7-15(12-14)20(22,23)24/h3-9,12-13H,10-11H2,1-2H3. The van der Waals surface area contributed by atoms with Crippen molar-refractivity contribution in [1.29, 1.82) is 0 Å². The van der Waals surface area contributed by atoms with Crippen LogP contribution in [0.25, 0.3) is 11.4 Å². The van der Waals surface area contributed by atoms with E-state index in [0.29, 0.717) is 6.54 Å². The Kier molecular flexibility index (Phi) is 6.17. The van der Waals surface area contributed by atoms with Gasteiger partial charge in [-0.05, 0) is 38.2 Å². The molecule has 154 valence electrons. The fourth-order valence-corrected chi connectivity index (χ4v) is 2.60. The number of aromatic nitrogens is 2. The van der Waals surface area contributed by atoms with Crippen molar-refractivity contribution in [3.05, 3.63) is 65.8 Å². The summed E-state index contributed by atoms with van der Waals surface area (Å²) in [5.74, 6) is 0.0590. The average Bonchev–Trinajstić information content (AvgIpc) is 3.18. The van der Waals surface area contributed by atoms with E-state index in [9.17, 15) is 17.6 Å². The molecule has 0 saturated heterocycles. The topological polar surface area (TPSA) is 51.4 Å². The predicted octanol–water partition coefficient (Wildman–Crippen LogP) is 4.97. The van der Waals surface area contributed by atoms with Gasteiger partial charge in [0, 0.05) is 12.1 Å². The number of alkyl halides is 3. The fourth-order valence-electron chi connectivity index (χ4n) is 2.60. The summed E-state index contributed by atoms with van der Waals surface area (Å²) in [4.78, 5) is 6.07. The van der Waals surface area contributed by atoms with Gasteiger partial charge in [0.15, 0.2) is 11.6 Å². The Hall–Kier alpha value is -2.94. The number of benzene rings is 2. The van der Waals surface area contributed by atoms with Crippen LogP contribution in [0.15, 0.2) is 53.1 Å². The van der Waals surface area contributed by atoms with E-state index < -0.39 is 17.6 Å². The number of nitrogens with zero attached hydrogens (tertiary/aromatic N) is 3. The van der Waals surface area contributed by atoms with E-state index in [1.54, 1.807) is 19.2 Å². The number of halogens is 4. The lowest BCUT2D eigenvalue weighted by atomic mass is 10.1. The molecular weight excluding hydrogens is 390 g/mol. The average molecular weight is 409 g/mol. The van der Waals surface area contributed by atoms with Gasteiger partial charge in [-0.2, -0.15) is 18.2 Å². The van der Waals surface area contributed by atoms with Crippen LogP contribution in [-0.2, 0) is 6.18 Å². The first-order valence-electron chi connectivity index (χ1n) is 8.84. The number of likely N-dealkylation sites (N-methyl/N-ethyl adjacent to an activating group) is 1. The molecule has 0 fully saturated rings. The molecule has 0 amide bonds. The maximum absolute atomic E-state index is 13.6. The van der Waals surface area contributed by atoms with Gasteiger partial charge in [0.25, 0.3) is 0 Å². The maximum atomic E-state index is 13.6. The Balaban J connectivity index is 1.63. The zero-order valence-corrected chi connectivity index (χ0v) is 15.8. The van der Waals surface area contributed by atoms with Gasteiger partial charge in [-0.3, -0.25) is 4.90 Å². The predicted molar refractivity (Wildman–Crippen MR) is 97.7 cm³/mol. The third-order valence-corrected chi connectivity index (χ3v) is 4.45. The molecule has 0 aliphatic heterocycles. The zero-order valence-electron chi connectivity index (χ0n) is 15.8. The first kappa shape index (κ1) is 20.8. The van der Waals surface area contributed by atoms with Crippen LogP contribution in [0.2, 0.25) is 0 Å². The van der Waals surface area contributed by atoms with Crippen LogP contribution < -0.4 is 4.74 Å². The molecule has 5 nitrogen and oxygen atoms in total. The van der Waals surface area contributed by atoms with Crippen LogP contribution in [0.3, 0.4) is 0 Å². The summed E-state index contributed by atoms with van der Waals surface area (Å²) in [5.41, 5.74) is -0.565. The highest BCUT2D eigenvalue weighted by atomic mass is 19.4. The summed E-state index contributed by atoms with van der Waals surface area (Å²) in [6, 6.07) is 10.5. The van der Waals surface area contributed by atoms with Gasteiger partial charge in [0.2, 0.25) is 11.7 Å². The highest BCUT2D eigenvalue weighted by molar-refractivity contribution is 5.55. The van der Waals surface area contributed by atoms with Crippen molar-refractivity contribution < 1.29 is 26.8 Å². The van der Waals surface area contributed by atoms with Crippen molar-refractivity contribution >= 4 is 0 Å². The second kappa shape index (κ2) is 8.60. The fraction of sp³-hybridized carbons (Fsp3) is 0.300. The summed E-state index contributed by atoms with van der Waals surface area (Å²) in [6.07, 6.45) is -4.45. The Morgan fingerprint density at radius 1 is 1.14 bits per heavy atom. The Morgan fingerprint density at radius 2 is 1.90 bits per heavy atom. The smallest absolute Gasteiger partial charge is 0.416 e. The van der Waals surface area contributed by atoms with Gasteiger partial charge in [-0.25, -0.2) is 4.39 Å². The molecule has 3 aromatic rings. The molecule has 9 heteroatoms. The van der Waals surface area contributed by atoms with Crippen molar-refractivity contribution in [3.63, 3.8) is 0 Å². The molecule has 0 N–H and O–H groups in total. The zero-order chi connectivity index (χ0) is 21.0. The van der Waals surface area contributed by atoms with Gasteiger partial charge in [0.1, 0.15) is 6.61 Å². The van der Waals surface area contributed by atoms with E-state index in [1.165, 1.54) is 24.3 Å². The van der Waals surface area contributed by atoms with Gasteiger partial charge in [-0.1, -0.05) is 29.4 Å². The molecular formula is C20H19F4N3O2. The van der Waals surface area contributed by atoms with Crippen LogP contribution in [0.5, 0.6) is 5.75 Å². The van der Waals surface area contributed by atoms with E-state index in [2.05, 4.69) is 10.1 Å². The molecule has 2 aromatic carbocycles. The second-order valence-electron chi connectivity index (χ2n) is 6.47. The van der Waals surface area contributed by atoms with Crippen molar-refractivity contribution in [2.24, 2.45) is 0 Å². The van der Waals surface area contributed by atoms with E-state index in [1.807, 2.05) is 11.8 Å². The van der Waals surface area contributed by atoms with Gasteiger partial charge >= 0.3 is 6.18 Å². The van der Waals surface area contributed by atoms with E-state index in [0.717, 1.165) is 12.1 Å². The molecule has 1 atom stereocenters. The minimum absolute atomic E-state index is 0.0777. The van der Waals surface area contributed by atoms with E-state index in [4.69, 9.17) is 9.26 Å². The quantitative estimate of drug-likeness (QED) is 0.516. The summed E-state index contributed by atoms with van der Waals surface area (Å²) < 4.78 is 62.9. The van der Waals surface area contributed by atoms with Crippen molar-refractivity contribution in [3.8, 4) is 17.1 Å². The monoisotopic (exact) mass is 409 g/mol. The lowest BCUT2D eigenvalue weighted by Gasteiger charge is -2.21. The molecule has 0 radical (unpaired) electrons. The molecule has 0 bridgehead atoms. The number of hydrogen-bond donors (Lipinski definition) is 0. The Labute approximate surface area is 164 Å². The molecule has 0 aliphatic carbocycles. The van der Waals surface area contributed by atoms with Crippen LogP contribution in [0, 0.1) is 5.82 Å². The third kappa shape index (κ3) is 5.11. The largest absolute Gasteiger partial charge is 0.489 e. The lowest BCUT2D eigenvalue weighted by Crippen LogP contribution is -2.27. The molecule has 1 heterocycles. The molecule has 0 spiro atoms. The summed E-state index contributed by atoms with van der Waals surface area (Å²) in [6.45, 7) is 2.49. The van der Waals surface area contributed by atoms with E-state index in [-0.39, 0.29) is 35.7 Å². The number of ether oxygens (including phenoxy) is 1. The van der Waals surface area contributed by atoms with Crippen molar-refractivity contribution in [2.45, 2.75) is 19.1 Å². The normalized spacial score (nSPS) is 12.9. The molecule has 3 rings (SSSR count). The Morgan fingerprint density at radius 3 is 2.62 bits per heavy atom. The SMILES string of the molecule is CC(c1nc(-c2cccc(C(F)(F)F)c2)no1)N(C)CCOc1ccccc1F. The minimum atomic E-state index is -4.45. The molecule has 1 aromatic heterocycles. The lowest BCUT2D eigenvalue weighted by molar-refractivity contribution is -0.137. The third-order valence-electron chi connectivity index (χ3n) is 4.45. The summed E-state index contributed by atoms with van der Waals surface area (Å²) in [5, 5.41) is 3.79. The summed E-state index contributed by atoms with van der Waals surface area (Å²) in [7, 11) is 1.80. The molecule has 29 heavy (non-hydrogen) atoms. The minimum Gasteiger partial charge on any atom is -0.489 e. The first-order chi connectivity index (χ1) is 13.8. The Bertz CT molecular complexity index is 959. The van der Waals surface area contributed by atoms with Crippen LogP contribution in [0.4, 0.5) is 17.6 Å². The van der Waals surface area contributed by atoms with E-state index >= 15 is 0 Å². The molecule has 0 saturated carbocycles.